The number of hydrogen-bond donors (Lipinski definition) is 2. The van der Waals surface area contributed by atoms with Gasteiger partial charge in [-0.15, -0.1) is 0 Å². The number of likely N-dealkylation sites (tertiary alicyclic amines) is 1. The molecule has 0 aromatic carbocycles. The van der Waals surface area contributed by atoms with Crippen molar-refractivity contribution in [3.8, 4) is 0 Å². The summed E-state index contributed by atoms with van der Waals surface area (Å²) in [7, 11) is 0. The van der Waals surface area contributed by atoms with E-state index in [1.807, 2.05) is 27.7 Å². The number of nitrogens with two attached hydrogens (primary N) is 1. The van der Waals surface area contributed by atoms with Crippen LogP contribution in [0.1, 0.15) is 34.1 Å². The second-order valence-corrected chi connectivity index (χ2v) is 5.74. The average Bonchev–Trinajstić information content (AvgIpc) is 2.12. The van der Waals surface area contributed by atoms with Crippen molar-refractivity contribution in [1.29, 1.82) is 0 Å². The fraction of sp³-hybridized carbons (Fsp3) is 0.917. The Morgan fingerprint density at radius 2 is 2.00 bits per heavy atom. The fourth-order valence-electron chi connectivity index (χ4n) is 1.89. The molecule has 0 aliphatic carbocycles. The highest BCUT2D eigenvalue weighted by molar-refractivity contribution is 5.69. The van der Waals surface area contributed by atoms with Gasteiger partial charge in [-0.3, -0.25) is 0 Å². The number of nitrogens with zero attached hydrogens (tertiary/aromatic N) is 1. The molecule has 3 N–H and O–H groups in total. The van der Waals surface area contributed by atoms with E-state index < -0.39 is 11.2 Å². The molecule has 1 aliphatic heterocycles. The predicted octanol–water partition coefficient (Wildman–Crippen LogP) is 0.953. The van der Waals surface area contributed by atoms with Gasteiger partial charge in [0.2, 0.25) is 0 Å². The van der Waals surface area contributed by atoms with Gasteiger partial charge in [0.1, 0.15) is 5.60 Å². The van der Waals surface area contributed by atoms with Crippen LogP contribution in [0.4, 0.5) is 4.79 Å². The quantitative estimate of drug-likeness (QED) is 0.775. The van der Waals surface area contributed by atoms with E-state index in [1.165, 1.54) is 0 Å². The highest BCUT2D eigenvalue weighted by atomic mass is 16.6. The summed E-state index contributed by atoms with van der Waals surface area (Å²) in [4.78, 5) is 13.3. The van der Waals surface area contributed by atoms with Gasteiger partial charge in [-0.1, -0.05) is 6.92 Å². The maximum atomic E-state index is 11.7. The van der Waals surface area contributed by atoms with Gasteiger partial charge in [-0.05, 0) is 27.2 Å². The first kappa shape index (κ1) is 14.3. The number of carbonyl (C=O) groups is 1. The zero-order valence-electron chi connectivity index (χ0n) is 11.2. The number of ether oxygens (including phenoxy) is 1. The molecule has 1 saturated heterocycles. The smallest absolute Gasteiger partial charge is 0.410 e. The molecule has 1 fully saturated rings. The van der Waals surface area contributed by atoms with Crippen molar-refractivity contribution in [1.82, 2.24) is 4.90 Å². The maximum absolute atomic E-state index is 11.7. The van der Waals surface area contributed by atoms with E-state index in [9.17, 15) is 9.90 Å². The van der Waals surface area contributed by atoms with E-state index in [-0.39, 0.29) is 18.6 Å². The molecule has 0 bridgehead atoms. The van der Waals surface area contributed by atoms with Crippen molar-refractivity contribution in [3.05, 3.63) is 0 Å². The first-order valence-electron chi connectivity index (χ1n) is 6.12. The molecule has 5 nitrogen and oxygen atoms in total. The van der Waals surface area contributed by atoms with Gasteiger partial charge in [0.15, 0.2) is 0 Å². The molecule has 1 aliphatic rings. The summed E-state index contributed by atoms with van der Waals surface area (Å²) >= 11 is 0. The second kappa shape index (κ2) is 4.82. The molecular formula is C12H24N2O3. The molecular weight excluding hydrogens is 220 g/mol. The molecule has 5 heteroatoms. The molecule has 0 aromatic rings. The summed E-state index contributed by atoms with van der Waals surface area (Å²) in [6.45, 7) is 8.70. The second-order valence-electron chi connectivity index (χ2n) is 5.74. The molecule has 0 spiro atoms. The summed E-state index contributed by atoms with van der Waals surface area (Å²) in [5, 5.41) is 10.2. The van der Waals surface area contributed by atoms with Crippen LogP contribution in [-0.2, 0) is 4.74 Å². The highest BCUT2D eigenvalue weighted by Gasteiger charge is 2.44. The Bertz CT molecular complexity index is 276. The number of hydrogen-bond acceptors (Lipinski definition) is 4. The summed E-state index contributed by atoms with van der Waals surface area (Å²) < 4.78 is 5.24. The summed E-state index contributed by atoms with van der Waals surface area (Å²) in [6.07, 6.45) is 0.292. The lowest BCUT2D eigenvalue weighted by Crippen LogP contribution is -2.62. The Labute approximate surface area is 103 Å². The van der Waals surface area contributed by atoms with Gasteiger partial charge >= 0.3 is 6.09 Å². The van der Waals surface area contributed by atoms with Gasteiger partial charge in [-0.25, -0.2) is 4.79 Å². The maximum Gasteiger partial charge on any atom is 0.410 e. The van der Waals surface area contributed by atoms with Gasteiger partial charge in [-0.2, -0.15) is 0 Å². The molecule has 1 unspecified atom stereocenters. The van der Waals surface area contributed by atoms with Crippen LogP contribution in [0.25, 0.3) is 0 Å². The van der Waals surface area contributed by atoms with Crippen LogP contribution in [-0.4, -0.2) is 46.9 Å². The van der Waals surface area contributed by atoms with E-state index in [0.29, 0.717) is 19.5 Å². The average molecular weight is 244 g/mol. The number of amides is 1. The molecule has 0 radical (unpaired) electrons. The first-order chi connectivity index (χ1) is 7.72. The topological polar surface area (TPSA) is 75.8 Å². The summed E-state index contributed by atoms with van der Waals surface area (Å²) in [5.74, 6) is 0.0602. The minimum absolute atomic E-state index is 0.0602. The van der Waals surface area contributed by atoms with Crippen molar-refractivity contribution in [2.75, 3.05) is 19.6 Å². The Morgan fingerprint density at radius 1 is 1.47 bits per heavy atom. The zero-order valence-corrected chi connectivity index (χ0v) is 11.2. The van der Waals surface area contributed by atoms with Crippen molar-refractivity contribution in [2.45, 2.75) is 45.3 Å². The van der Waals surface area contributed by atoms with Crippen LogP contribution >= 0.6 is 0 Å². The van der Waals surface area contributed by atoms with Crippen molar-refractivity contribution < 1.29 is 14.6 Å². The monoisotopic (exact) mass is 244 g/mol. The number of aliphatic hydroxyl groups is 1. The van der Waals surface area contributed by atoms with Crippen molar-refractivity contribution >= 4 is 6.09 Å². The molecule has 1 amide bonds. The zero-order chi connectivity index (χ0) is 13.3. The van der Waals surface area contributed by atoms with Gasteiger partial charge in [0, 0.05) is 25.6 Å². The van der Waals surface area contributed by atoms with Crippen LogP contribution in [0.3, 0.4) is 0 Å². The van der Waals surface area contributed by atoms with Crippen LogP contribution in [0.15, 0.2) is 0 Å². The Morgan fingerprint density at radius 3 is 2.35 bits per heavy atom. The molecule has 1 atom stereocenters. The van der Waals surface area contributed by atoms with E-state index in [0.717, 1.165) is 0 Å². The van der Waals surface area contributed by atoms with Crippen LogP contribution < -0.4 is 5.73 Å². The molecule has 1 rings (SSSR count). The van der Waals surface area contributed by atoms with Crippen LogP contribution in [0, 0.1) is 5.92 Å². The molecule has 17 heavy (non-hydrogen) atoms. The first-order valence-corrected chi connectivity index (χ1v) is 6.12. The highest BCUT2D eigenvalue weighted by Crippen LogP contribution is 2.30. The third-order valence-corrected chi connectivity index (χ3v) is 3.26. The Hall–Kier alpha value is -0.810. The largest absolute Gasteiger partial charge is 0.444 e. The van der Waals surface area contributed by atoms with Crippen molar-refractivity contribution in [2.24, 2.45) is 11.7 Å². The normalized spacial score (nSPS) is 20.7. The van der Waals surface area contributed by atoms with E-state index in [1.54, 1.807) is 4.90 Å². The SMILES string of the molecule is CCC(O)(CN)C1CN(C(=O)OC(C)(C)C)C1. The van der Waals surface area contributed by atoms with Crippen LogP contribution in [0.5, 0.6) is 0 Å². The summed E-state index contributed by atoms with van der Waals surface area (Å²) in [5.41, 5.74) is 4.24. The molecule has 0 aromatic heterocycles. The minimum atomic E-state index is -0.849. The van der Waals surface area contributed by atoms with Crippen LogP contribution in [0.2, 0.25) is 0 Å². The van der Waals surface area contributed by atoms with Gasteiger partial charge in [0.25, 0.3) is 0 Å². The lowest BCUT2D eigenvalue weighted by atomic mass is 9.80. The minimum Gasteiger partial charge on any atom is -0.444 e. The van der Waals surface area contributed by atoms with Crippen molar-refractivity contribution in [3.63, 3.8) is 0 Å². The lowest BCUT2D eigenvalue weighted by molar-refractivity contribution is -0.0839. The number of carbonyl (C=O) groups excluding carboxylic acids is 1. The standard InChI is InChI=1S/C12H24N2O3/c1-5-12(16,8-13)9-6-14(7-9)10(15)17-11(2,3)4/h9,16H,5-8,13H2,1-4H3. The third kappa shape index (κ3) is 3.33. The predicted molar refractivity (Wildman–Crippen MR) is 65.6 cm³/mol. The van der Waals surface area contributed by atoms with E-state index >= 15 is 0 Å². The van der Waals surface area contributed by atoms with Gasteiger partial charge in [0.05, 0.1) is 5.60 Å². The Balaban J connectivity index is 2.44. The number of rotatable bonds is 3. The summed E-state index contributed by atoms with van der Waals surface area (Å²) in [6, 6.07) is 0. The van der Waals surface area contributed by atoms with E-state index in [4.69, 9.17) is 10.5 Å². The Kier molecular flexibility index (Phi) is 4.04. The lowest BCUT2D eigenvalue weighted by Gasteiger charge is -2.47. The van der Waals surface area contributed by atoms with Gasteiger partial charge < -0.3 is 20.5 Å². The molecule has 0 saturated carbocycles. The fourth-order valence-corrected chi connectivity index (χ4v) is 1.89. The van der Waals surface area contributed by atoms with E-state index in [2.05, 4.69) is 0 Å². The molecule has 100 valence electrons. The molecule has 1 heterocycles. The third-order valence-electron chi connectivity index (χ3n) is 3.26.